The van der Waals surface area contributed by atoms with Crippen LogP contribution in [0.1, 0.15) is 11.3 Å². The van der Waals surface area contributed by atoms with E-state index in [1.165, 1.54) is 18.3 Å². The molecule has 0 bridgehead atoms. The number of carbonyl (C=O) groups excluding carboxylic acids is 1. The number of hydrogen-bond donors (Lipinski definition) is 1. The Bertz CT molecular complexity index is 771. The summed E-state index contributed by atoms with van der Waals surface area (Å²) in [5.74, 6) is 0. The van der Waals surface area contributed by atoms with Gasteiger partial charge in [0.2, 0.25) is 0 Å². The molecule has 0 aliphatic heterocycles. The quantitative estimate of drug-likeness (QED) is 0.527. The molecule has 0 aliphatic carbocycles. The number of nitrogens with zero attached hydrogens (tertiary/aromatic N) is 2. The maximum atomic E-state index is 11.9. The molecule has 0 saturated carbocycles. The number of oxime groups is 1. The van der Waals surface area contributed by atoms with Crippen LogP contribution in [0.2, 0.25) is 0 Å². The first kappa shape index (κ1) is 15.6. The van der Waals surface area contributed by atoms with Crippen molar-refractivity contribution in [2.75, 3.05) is 0 Å². The first-order chi connectivity index (χ1) is 10.5. The summed E-state index contributed by atoms with van der Waals surface area (Å²) in [4.78, 5) is 19.8. The number of benzene rings is 1. The number of pyridine rings is 1. The van der Waals surface area contributed by atoms with Crippen LogP contribution >= 0.6 is 0 Å². The zero-order chi connectivity index (χ0) is 16.0. The van der Waals surface area contributed by atoms with Gasteiger partial charge in [0, 0.05) is 6.20 Å². The average Bonchev–Trinajstić information content (AvgIpc) is 2.48. The molecule has 0 saturated heterocycles. The fourth-order valence-corrected chi connectivity index (χ4v) is 2.35. The van der Waals surface area contributed by atoms with Crippen LogP contribution in [-0.2, 0) is 14.9 Å². The lowest BCUT2D eigenvalue weighted by atomic mass is 10.2. The molecule has 1 heterocycles. The van der Waals surface area contributed by atoms with Gasteiger partial charge in [-0.15, -0.1) is 0 Å². The Hall–Kier alpha value is -2.74. The standard InChI is InChI=1S/C14H13N3O4S/c1-11-5-7-13(8-6-11)22(19,20)17-14(18)21-16-10-12-4-2-3-9-15-12/h2-10H,1H3,(H,17,18)/b16-10+. The average molecular weight is 319 g/mol. The molecule has 0 atom stereocenters. The smallest absolute Gasteiger partial charge is 0.297 e. The summed E-state index contributed by atoms with van der Waals surface area (Å²) in [6, 6.07) is 11.1. The lowest BCUT2D eigenvalue weighted by Crippen LogP contribution is -2.30. The Morgan fingerprint density at radius 3 is 2.59 bits per heavy atom. The maximum Gasteiger partial charge on any atom is 0.447 e. The molecule has 2 rings (SSSR count). The third-order valence-corrected chi connectivity index (χ3v) is 3.89. The zero-order valence-electron chi connectivity index (χ0n) is 11.6. The Morgan fingerprint density at radius 1 is 1.23 bits per heavy atom. The number of amides is 1. The van der Waals surface area contributed by atoms with Gasteiger partial charge in [0.05, 0.1) is 16.8 Å². The third-order valence-electron chi connectivity index (χ3n) is 2.56. The first-order valence-corrected chi connectivity index (χ1v) is 7.70. The van der Waals surface area contributed by atoms with Crippen molar-refractivity contribution in [2.24, 2.45) is 5.16 Å². The summed E-state index contributed by atoms with van der Waals surface area (Å²) in [7, 11) is -3.99. The number of aromatic nitrogens is 1. The molecule has 22 heavy (non-hydrogen) atoms. The summed E-state index contributed by atoms with van der Waals surface area (Å²) in [6.07, 6.45) is 1.54. The lowest BCUT2D eigenvalue weighted by Gasteiger charge is -2.05. The second-order valence-electron chi connectivity index (χ2n) is 4.29. The van der Waals surface area contributed by atoms with Gasteiger partial charge >= 0.3 is 6.09 Å². The molecular weight excluding hydrogens is 306 g/mol. The van der Waals surface area contributed by atoms with Crippen molar-refractivity contribution in [2.45, 2.75) is 11.8 Å². The summed E-state index contributed by atoms with van der Waals surface area (Å²) in [6.45, 7) is 1.82. The SMILES string of the molecule is Cc1ccc(S(=O)(=O)NC(=O)O/N=C/c2ccccn2)cc1. The van der Waals surface area contributed by atoms with E-state index < -0.39 is 16.1 Å². The number of nitrogens with one attached hydrogen (secondary N) is 1. The number of carbonyl (C=O) groups is 1. The molecule has 1 aromatic carbocycles. The van der Waals surface area contributed by atoms with Crippen molar-refractivity contribution in [1.82, 2.24) is 9.71 Å². The highest BCUT2D eigenvalue weighted by Gasteiger charge is 2.18. The minimum Gasteiger partial charge on any atom is -0.297 e. The van der Waals surface area contributed by atoms with E-state index in [1.54, 1.807) is 41.3 Å². The molecule has 7 nitrogen and oxygen atoms in total. The van der Waals surface area contributed by atoms with Gasteiger partial charge in [-0.05, 0) is 31.2 Å². The predicted molar refractivity (Wildman–Crippen MR) is 79.8 cm³/mol. The van der Waals surface area contributed by atoms with Gasteiger partial charge in [-0.2, -0.15) is 0 Å². The van der Waals surface area contributed by atoms with Gasteiger partial charge in [0.1, 0.15) is 0 Å². The zero-order valence-corrected chi connectivity index (χ0v) is 12.4. The van der Waals surface area contributed by atoms with E-state index in [-0.39, 0.29) is 4.90 Å². The predicted octanol–water partition coefficient (Wildman–Crippen LogP) is 1.84. The van der Waals surface area contributed by atoms with E-state index in [9.17, 15) is 13.2 Å². The number of hydrogen-bond acceptors (Lipinski definition) is 6. The molecule has 0 spiro atoms. The monoisotopic (exact) mass is 319 g/mol. The Balaban J connectivity index is 1.96. The van der Waals surface area contributed by atoms with Gasteiger partial charge in [-0.1, -0.05) is 28.9 Å². The van der Waals surface area contributed by atoms with Crippen LogP contribution in [-0.4, -0.2) is 25.7 Å². The topological polar surface area (TPSA) is 97.7 Å². The highest BCUT2D eigenvalue weighted by Crippen LogP contribution is 2.09. The molecule has 0 aliphatic rings. The maximum absolute atomic E-state index is 11.9. The van der Waals surface area contributed by atoms with E-state index in [0.29, 0.717) is 5.69 Å². The normalized spacial score (nSPS) is 11.3. The molecule has 0 radical (unpaired) electrons. The molecule has 0 fully saturated rings. The molecule has 1 aromatic heterocycles. The summed E-state index contributed by atoms with van der Waals surface area (Å²) in [5, 5.41) is 3.37. The molecule has 1 amide bonds. The molecular formula is C14H13N3O4S. The highest BCUT2D eigenvalue weighted by atomic mass is 32.2. The Morgan fingerprint density at radius 2 is 1.95 bits per heavy atom. The van der Waals surface area contributed by atoms with Gasteiger partial charge in [0.25, 0.3) is 10.0 Å². The Kier molecular flexibility index (Phi) is 4.84. The van der Waals surface area contributed by atoms with Crippen molar-refractivity contribution < 1.29 is 18.0 Å². The van der Waals surface area contributed by atoms with Crippen molar-refractivity contribution in [1.29, 1.82) is 0 Å². The van der Waals surface area contributed by atoms with E-state index >= 15 is 0 Å². The van der Waals surface area contributed by atoms with E-state index in [0.717, 1.165) is 5.56 Å². The number of sulfonamides is 1. The minimum absolute atomic E-state index is 0.0382. The van der Waals surface area contributed by atoms with Crippen LogP contribution in [0.3, 0.4) is 0 Å². The van der Waals surface area contributed by atoms with Crippen molar-refractivity contribution in [3.63, 3.8) is 0 Å². The fourth-order valence-electron chi connectivity index (χ4n) is 1.49. The summed E-state index contributed by atoms with van der Waals surface area (Å²) in [5.41, 5.74) is 1.37. The minimum atomic E-state index is -3.99. The van der Waals surface area contributed by atoms with Crippen LogP contribution in [0.4, 0.5) is 4.79 Å². The molecule has 8 heteroatoms. The number of aryl methyl sites for hydroxylation is 1. The van der Waals surface area contributed by atoms with Crippen molar-refractivity contribution >= 4 is 22.3 Å². The largest absolute Gasteiger partial charge is 0.447 e. The van der Waals surface area contributed by atoms with Crippen molar-refractivity contribution in [3.05, 3.63) is 59.9 Å². The van der Waals surface area contributed by atoms with Gasteiger partial charge in [-0.3, -0.25) is 9.82 Å². The third kappa shape index (κ3) is 4.38. The van der Waals surface area contributed by atoms with Crippen molar-refractivity contribution in [3.8, 4) is 0 Å². The molecule has 0 unspecified atom stereocenters. The van der Waals surface area contributed by atoms with Crippen LogP contribution in [0.25, 0.3) is 0 Å². The van der Waals surface area contributed by atoms with E-state index in [2.05, 4.69) is 15.0 Å². The molecule has 1 N–H and O–H groups in total. The van der Waals surface area contributed by atoms with Crippen LogP contribution < -0.4 is 4.72 Å². The first-order valence-electron chi connectivity index (χ1n) is 6.22. The molecule has 114 valence electrons. The summed E-state index contributed by atoms with van der Waals surface area (Å²) < 4.78 is 25.6. The Labute approximate surface area is 127 Å². The van der Waals surface area contributed by atoms with Crippen LogP contribution in [0, 0.1) is 6.92 Å². The second kappa shape index (κ2) is 6.81. The van der Waals surface area contributed by atoms with Gasteiger partial charge in [0.15, 0.2) is 0 Å². The number of rotatable bonds is 4. The second-order valence-corrected chi connectivity index (χ2v) is 5.97. The highest BCUT2D eigenvalue weighted by molar-refractivity contribution is 7.90. The molecule has 2 aromatic rings. The summed E-state index contributed by atoms with van der Waals surface area (Å²) >= 11 is 0. The van der Waals surface area contributed by atoms with Gasteiger partial charge < -0.3 is 0 Å². The van der Waals surface area contributed by atoms with Gasteiger partial charge in [-0.25, -0.2) is 17.9 Å². The van der Waals surface area contributed by atoms with E-state index in [1.807, 2.05) is 6.92 Å². The van der Waals surface area contributed by atoms with E-state index in [4.69, 9.17) is 0 Å². The van der Waals surface area contributed by atoms with Crippen LogP contribution in [0.15, 0.2) is 58.7 Å². The fraction of sp³-hybridized carbons (Fsp3) is 0.0714. The van der Waals surface area contributed by atoms with Crippen LogP contribution in [0.5, 0.6) is 0 Å². The lowest BCUT2D eigenvalue weighted by molar-refractivity contribution is 0.158.